The third-order valence-electron chi connectivity index (χ3n) is 14.5. The molecule has 66 heavy (non-hydrogen) atoms. The van der Waals surface area contributed by atoms with E-state index in [2.05, 4.69) is 219 Å². The van der Waals surface area contributed by atoms with Gasteiger partial charge in [0.15, 0.2) is 0 Å². The van der Waals surface area contributed by atoms with Crippen LogP contribution in [0.25, 0.3) is 110 Å². The van der Waals surface area contributed by atoms with Gasteiger partial charge in [-0.1, -0.05) is 172 Å². The van der Waals surface area contributed by atoms with Gasteiger partial charge < -0.3 is 13.7 Å². The van der Waals surface area contributed by atoms with Crippen LogP contribution < -0.4 is 4.90 Å². The van der Waals surface area contributed by atoms with Crippen molar-refractivity contribution in [3.05, 3.63) is 223 Å². The first-order valence-electron chi connectivity index (χ1n) is 22.8. The van der Waals surface area contributed by atoms with Crippen molar-refractivity contribution < 1.29 is 8.83 Å². The quantitative estimate of drug-likeness (QED) is 0.162. The minimum atomic E-state index is -0.163. The summed E-state index contributed by atoms with van der Waals surface area (Å²) in [4.78, 5) is 2.46. The lowest BCUT2D eigenvalue weighted by molar-refractivity contribution is 0.660. The molecule has 0 spiro atoms. The zero-order valence-electron chi connectivity index (χ0n) is 36.5. The van der Waals surface area contributed by atoms with Crippen molar-refractivity contribution >= 4 is 93.3 Å². The number of anilines is 3. The van der Waals surface area contributed by atoms with Crippen molar-refractivity contribution in [3.8, 4) is 33.4 Å². The predicted octanol–water partition coefficient (Wildman–Crippen LogP) is 18.1. The molecule has 0 unspecified atom stereocenters. The Morgan fingerprint density at radius 3 is 1.70 bits per heavy atom. The topological polar surface area (TPSA) is 29.5 Å². The van der Waals surface area contributed by atoms with Crippen LogP contribution in [0.5, 0.6) is 0 Å². The van der Waals surface area contributed by atoms with Crippen molar-refractivity contribution in [2.24, 2.45) is 0 Å². The summed E-state index contributed by atoms with van der Waals surface area (Å²) in [6.45, 7) is 4.72. The van der Waals surface area contributed by atoms with Crippen molar-refractivity contribution in [1.29, 1.82) is 0 Å². The fourth-order valence-electron chi connectivity index (χ4n) is 11.5. The molecule has 11 aromatic carbocycles. The van der Waals surface area contributed by atoms with Gasteiger partial charge >= 0.3 is 0 Å². The van der Waals surface area contributed by atoms with Crippen LogP contribution in [0.15, 0.2) is 221 Å². The SMILES string of the molecule is CC1(C)c2ccccc2-c2ccc(N(c3ccc(-c4cccc5c4oc4ccccc45)cc3)c3ccccc3-c3cccc4c5ccc6oc7ccccc7c6c5c5ccccc5c34)cc21. The maximum Gasteiger partial charge on any atom is 0.143 e. The van der Waals surface area contributed by atoms with Crippen LogP contribution in [-0.2, 0) is 5.41 Å². The molecule has 1 aliphatic rings. The Hall–Kier alpha value is -8.40. The second-order valence-corrected chi connectivity index (χ2v) is 18.3. The zero-order chi connectivity index (χ0) is 43.7. The van der Waals surface area contributed by atoms with E-state index in [1.807, 2.05) is 12.1 Å². The van der Waals surface area contributed by atoms with Gasteiger partial charge in [0.05, 0.1) is 5.69 Å². The van der Waals surface area contributed by atoms with Crippen LogP contribution in [0.2, 0.25) is 0 Å². The maximum absolute atomic E-state index is 6.52. The lowest BCUT2D eigenvalue weighted by atomic mass is 9.82. The molecule has 0 amide bonds. The highest BCUT2D eigenvalue weighted by atomic mass is 16.3. The number of fused-ring (bicyclic) bond motifs is 16. The van der Waals surface area contributed by atoms with Gasteiger partial charge in [0.2, 0.25) is 0 Å². The molecule has 13 aromatic rings. The highest BCUT2D eigenvalue weighted by molar-refractivity contribution is 6.36. The second-order valence-electron chi connectivity index (χ2n) is 18.3. The monoisotopic (exact) mass is 843 g/mol. The van der Waals surface area contributed by atoms with Gasteiger partial charge in [-0.25, -0.2) is 0 Å². The van der Waals surface area contributed by atoms with E-state index >= 15 is 0 Å². The van der Waals surface area contributed by atoms with E-state index in [0.717, 1.165) is 72.2 Å². The fraction of sp³-hybridized carbons (Fsp3) is 0.0476. The number of benzene rings is 11. The number of para-hydroxylation sites is 4. The second kappa shape index (κ2) is 13.8. The molecule has 0 saturated carbocycles. The Kier molecular flexibility index (Phi) is 7.74. The number of hydrogen-bond donors (Lipinski definition) is 0. The summed E-state index contributed by atoms with van der Waals surface area (Å²) in [5, 5.41) is 11.9. The summed E-state index contributed by atoms with van der Waals surface area (Å²) < 4.78 is 13.0. The van der Waals surface area contributed by atoms with Gasteiger partial charge in [0, 0.05) is 54.8 Å². The standard InChI is InChI=1S/C63H41NO2/c1-63(2)53-25-9-5-15-42(53)43-34-33-40(37-54(43)63)64(39-31-29-38(30-32-39)41-21-13-24-51-45-17-7-11-27-56(45)66-62(41)51)55-26-10-6-16-44(55)46-22-14-23-48-50-35-36-58-61(52-20-8-12-28-57(52)65-58)60(50)49-19-4-3-18-47(49)59(46)48/h3-37H,1-2H3. The van der Waals surface area contributed by atoms with Gasteiger partial charge in [-0.3, -0.25) is 0 Å². The Morgan fingerprint density at radius 1 is 0.333 bits per heavy atom. The first-order chi connectivity index (χ1) is 32.5. The van der Waals surface area contributed by atoms with E-state index in [1.165, 1.54) is 65.5 Å². The maximum atomic E-state index is 6.52. The van der Waals surface area contributed by atoms with Gasteiger partial charge in [0.1, 0.15) is 22.3 Å². The third-order valence-corrected chi connectivity index (χ3v) is 14.5. The van der Waals surface area contributed by atoms with Gasteiger partial charge in [-0.05, 0) is 115 Å². The van der Waals surface area contributed by atoms with E-state index in [4.69, 9.17) is 8.83 Å². The number of hydrogen-bond acceptors (Lipinski definition) is 3. The lowest BCUT2D eigenvalue weighted by Gasteiger charge is -2.30. The van der Waals surface area contributed by atoms with E-state index in [0.29, 0.717) is 0 Å². The molecular formula is C63H41NO2. The molecule has 0 N–H and O–H groups in total. The summed E-state index contributed by atoms with van der Waals surface area (Å²) >= 11 is 0. The molecule has 2 aromatic heterocycles. The molecule has 3 nitrogen and oxygen atoms in total. The first-order valence-corrected chi connectivity index (χ1v) is 22.8. The average molecular weight is 844 g/mol. The molecule has 0 aliphatic heterocycles. The minimum Gasteiger partial charge on any atom is -0.456 e. The molecule has 14 rings (SSSR count). The number of rotatable bonds is 5. The summed E-state index contributed by atoms with van der Waals surface area (Å²) in [7, 11) is 0. The van der Waals surface area contributed by atoms with Gasteiger partial charge in [0.25, 0.3) is 0 Å². The smallest absolute Gasteiger partial charge is 0.143 e. The van der Waals surface area contributed by atoms with Crippen LogP contribution in [0.4, 0.5) is 17.1 Å². The number of nitrogens with zero attached hydrogens (tertiary/aromatic N) is 1. The molecule has 0 saturated heterocycles. The van der Waals surface area contributed by atoms with Crippen molar-refractivity contribution in [3.63, 3.8) is 0 Å². The largest absolute Gasteiger partial charge is 0.456 e. The minimum absolute atomic E-state index is 0.163. The highest BCUT2D eigenvalue weighted by Gasteiger charge is 2.36. The normalized spacial score (nSPS) is 13.1. The van der Waals surface area contributed by atoms with Crippen LogP contribution >= 0.6 is 0 Å². The van der Waals surface area contributed by atoms with Crippen molar-refractivity contribution in [2.75, 3.05) is 4.90 Å². The molecule has 1 aliphatic carbocycles. The Bertz CT molecular complexity index is 4120. The summed E-state index contributed by atoms with van der Waals surface area (Å²) in [6.07, 6.45) is 0. The zero-order valence-corrected chi connectivity index (χ0v) is 36.5. The molecule has 0 fully saturated rings. The molecular weight excluding hydrogens is 803 g/mol. The summed E-state index contributed by atoms with van der Waals surface area (Å²) in [5.74, 6) is 0. The van der Waals surface area contributed by atoms with Crippen LogP contribution in [0, 0.1) is 0 Å². The van der Waals surface area contributed by atoms with Crippen LogP contribution in [-0.4, -0.2) is 0 Å². The van der Waals surface area contributed by atoms with E-state index in [-0.39, 0.29) is 5.41 Å². The Morgan fingerprint density at radius 2 is 0.894 bits per heavy atom. The lowest BCUT2D eigenvalue weighted by Crippen LogP contribution is -2.16. The number of furan rings is 2. The third kappa shape index (κ3) is 5.20. The molecule has 2 heterocycles. The highest BCUT2D eigenvalue weighted by Crippen LogP contribution is 2.53. The summed E-state index contributed by atoms with van der Waals surface area (Å²) in [6, 6.07) is 77.3. The van der Waals surface area contributed by atoms with E-state index in [9.17, 15) is 0 Å². The Labute approximate surface area is 381 Å². The summed E-state index contributed by atoms with van der Waals surface area (Å²) in [5.41, 5.74) is 16.6. The van der Waals surface area contributed by atoms with Crippen molar-refractivity contribution in [2.45, 2.75) is 19.3 Å². The van der Waals surface area contributed by atoms with Crippen LogP contribution in [0.3, 0.4) is 0 Å². The molecule has 0 bridgehead atoms. The molecule has 3 heteroatoms. The molecule has 0 atom stereocenters. The average Bonchev–Trinajstić information content (AvgIpc) is 4.02. The van der Waals surface area contributed by atoms with E-state index < -0.39 is 0 Å². The van der Waals surface area contributed by atoms with Gasteiger partial charge in [-0.2, -0.15) is 0 Å². The molecule has 310 valence electrons. The predicted molar refractivity (Wildman–Crippen MR) is 277 cm³/mol. The first kappa shape index (κ1) is 37.0. The van der Waals surface area contributed by atoms with Gasteiger partial charge in [-0.15, -0.1) is 0 Å². The Balaban J connectivity index is 1.00. The molecule has 0 radical (unpaired) electrons. The van der Waals surface area contributed by atoms with E-state index in [1.54, 1.807) is 0 Å². The fourth-order valence-corrected chi connectivity index (χ4v) is 11.5. The van der Waals surface area contributed by atoms with Crippen molar-refractivity contribution in [1.82, 2.24) is 0 Å². The van der Waals surface area contributed by atoms with Crippen LogP contribution in [0.1, 0.15) is 25.0 Å².